The van der Waals surface area contributed by atoms with Gasteiger partial charge in [-0.15, -0.1) is 0 Å². The standard InChI is InChI=1S/C17H18BrNO2/c18-14-3-8-17(13(9-14)10-19-15-4-5-15)21-16-6-1-12(11-20)2-7-16/h1-3,6-9,15,19-20H,4-5,10-11H2. The summed E-state index contributed by atoms with van der Waals surface area (Å²) in [5, 5.41) is 12.6. The van der Waals surface area contributed by atoms with Crippen molar-refractivity contribution in [3.63, 3.8) is 0 Å². The molecule has 2 aromatic rings. The lowest BCUT2D eigenvalue weighted by molar-refractivity contribution is 0.281. The predicted molar refractivity (Wildman–Crippen MR) is 86.4 cm³/mol. The topological polar surface area (TPSA) is 41.5 Å². The average Bonchev–Trinajstić information content (AvgIpc) is 3.32. The Kier molecular flexibility index (Phi) is 4.58. The second kappa shape index (κ2) is 6.60. The van der Waals surface area contributed by atoms with Crippen LogP contribution in [0.2, 0.25) is 0 Å². The Morgan fingerprint density at radius 1 is 1.14 bits per heavy atom. The maximum absolute atomic E-state index is 9.07. The quantitative estimate of drug-likeness (QED) is 0.830. The summed E-state index contributed by atoms with van der Waals surface area (Å²) in [5.74, 6) is 1.64. The summed E-state index contributed by atoms with van der Waals surface area (Å²) in [6.07, 6.45) is 2.54. The Hall–Kier alpha value is -1.36. The maximum atomic E-state index is 9.07. The predicted octanol–water partition coefficient (Wildman–Crippen LogP) is 3.99. The molecule has 0 heterocycles. The maximum Gasteiger partial charge on any atom is 0.131 e. The lowest BCUT2D eigenvalue weighted by atomic mass is 10.2. The molecule has 3 rings (SSSR count). The molecule has 0 aromatic heterocycles. The highest BCUT2D eigenvalue weighted by atomic mass is 79.9. The Morgan fingerprint density at radius 3 is 2.57 bits per heavy atom. The first kappa shape index (κ1) is 14.6. The zero-order valence-electron chi connectivity index (χ0n) is 11.7. The van der Waals surface area contributed by atoms with Crippen molar-refractivity contribution in [2.45, 2.75) is 32.0 Å². The Bertz CT molecular complexity index is 609. The van der Waals surface area contributed by atoms with Gasteiger partial charge in [-0.05, 0) is 48.7 Å². The minimum absolute atomic E-state index is 0.0507. The summed E-state index contributed by atoms with van der Waals surface area (Å²) < 4.78 is 7.03. The van der Waals surface area contributed by atoms with Crippen LogP contribution in [0.4, 0.5) is 0 Å². The monoisotopic (exact) mass is 347 g/mol. The van der Waals surface area contributed by atoms with Crippen molar-refractivity contribution in [2.75, 3.05) is 0 Å². The Labute approximate surface area is 133 Å². The molecule has 1 saturated carbocycles. The van der Waals surface area contributed by atoms with Gasteiger partial charge in [0.1, 0.15) is 11.5 Å². The summed E-state index contributed by atoms with van der Waals surface area (Å²) in [4.78, 5) is 0. The summed E-state index contributed by atoms with van der Waals surface area (Å²) >= 11 is 3.51. The molecule has 0 bridgehead atoms. The van der Waals surface area contributed by atoms with Crippen LogP contribution in [-0.2, 0) is 13.2 Å². The fourth-order valence-electron chi connectivity index (χ4n) is 2.12. The Balaban J connectivity index is 1.75. The van der Waals surface area contributed by atoms with Gasteiger partial charge in [-0.1, -0.05) is 28.1 Å². The van der Waals surface area contributed by atoms with Gasteiger partial charge < -0.3 is 15.2 Å². The van der Waals surface area contributed by atoms with Crippen LogP contribution in [0.25, 0.3) is 0 Å². The van der Waals surface area contributed by atoms with Crippen molar-refractivity contribution in [3.05, 3.63) is 58.1 Å². The van der Waals surface area contributed by atoms with Crippen molar-refractivity contribution in [2.24, 2.45) is 0 Å². The number of benzene rings is 2. The van der Waals surface area contributed by atoms with Gasteiger partial charge in [0.05, 0.1) is 6.61 Å². The SMILES string of the molecule is OCc1ccc(Oc2ccc(Br)cc2CNC2CC2)cc1. The molecule has 1 fully saturated rings. The molecule has 0 unspecified atom stereocenters. The number of hydrogen-bond donors (Lipinski definition) is 2. The van der Waals surface area contributed by atoms with Crippen LogP contribution < -0.4 is 10.1 Å². The number of rotatable bonds is 6. The minimum atomic E-state index is 0.0507. The van der Waals surface area contributed by atoms with Crippen LogP contribution in [0.5, 0.6) is 11.5 Å². The van der Waals surface area contributed by atoms with E-state index >= 15 is 0 Å². The van der Waals surface area contributed by atoms with Gasteiger partial charge in [0.25, 0.3) is 0 Å². The average molecular weight is 348 g/mol. The fraction of sp³-hybridized carbons (Fsp3) is 0.294. The second-order valence-electron chi connectivity index (χ2n) is 5.31. The molecule has 0 amide bonds. The summed E-state index contributed by atoms with van der Waals surface area (Å²) in [6.45, 7) is 0.864. The van der Waals surface area contributed by atoms with E-state index in [1.165, 1.54) is 12.8 Å². The minimum Gasteiger partial charge on any atom is -0.457 e. The number of aliphatic hydroxyl groups excluding tert-OH is 1. The molecule has 0 spiro atoms. The molecule has 2 aromatic carbocycles. The van der Waals surface area contributed by atoms with Crippen LogP contribution in [0.3, 0.4) is 0 Å². The van der Waals surface area contributed by atoms with E-state index in [0.717, 1.165) is 33.6 Å². The third-order valence-electron chi connectivity index (χ3n) is 3.51. The molecule has 0 aliphatic heterocycles. The lowest BCUT2D eigenvalue weighted by Gasteiger charge is -2.12. The highest BCUT2D eigenvalue weighted by Gasteiger charge is 2.20. The number of nitrogens with one attached hydrogen (secondary N) is 1. The third-order valence-corrected chi connectivity index (χ3v) is 4.01. The molecular formula is C17H18BrNO2. The fourth-order valence-corrected chi connectivity index (χ4v) is 2.53. The normalized spacial score (nSPS) is 14.2. The van der Waals surface area contributed by atoms with Gasteiger partial charge in [0.2, 0.25) is 0 Å². The summed E-state index contributed by atoms with van der Waals surface area (Å²) in [5.41, 5.74) is 2.02. The smallest absolute Gasteiger partial charge is 0.131 e. The third kappa shape index (κ3) is 4.06. The first-order valence-corrected chi connectivity index (χ1v) is 7.93. The second-order valence-corrected chi connectivity index (χ2v) is 6.23. The first-order chi connectivity index (χ1) is 10.2. The summed E-state index contributed by atoms with van der Waals surface area (Å²) in [7, 11) is 0. The van der Waals surface area contributed by atoms with Crippen LogP contribution >= 0.6 is 15.9 Å². The van der Waals surface area contributed by atoms with Gasteiger partial charge >= 0.3 is 0 Å². The van der Waals surface area contributed by atoms with E-state index in [0.29, 0.717) is 6.04 Å². The number of ether oxygens (including phenoxy) is 1. The van der Waals surface area contributed by atoms with Crippen LogP contribution in [-0.4, -0.2) is 11.1 Å². The molecule has 0 atom stereocenters. The number of hydrogen-bond acceptors (Lipinski definition) is 3. The molecule has 0 radical (unpaired) electrons. The lowest BCUT2D eigenvalue weighted by Crippen LogP contribution is -2.15. The van der Waals surface area contributed by atoms with E-state index < -0.39 is 0 Å². The summed E-state index contributed by atoms with van der Waals surface area (Å²) in [6, 6.07) is 14.2. The van der Waals surface area contributed by atoms with E-state index in [1.807, 2.05) is 36.4 Å². The molecule has 0 saturated heterocycles. The van der Waals surface area contributed by atoms with Crippen molar-refractivity contribution in [1.29, 1.82) is 0 Å². The van der Waals surface area contributed by atoms with Crippen molar-refractivity contribution in [3.8, 4) is 11.5 Å². The molecule has 21 heavy (non-hydrogen) atoms. The number of halogens is 1. The van der Waals surface area contributed by atoms with Crippen molar-refractivity contribution < 1.29 is 9.84 Å². The molecule has 110 valence electrons. The molecule has 1 aliphatic carbocycles. The molecule has 4 heteroatoms. The van der Waals surface area contributed by atoms with Crippen LogP contribution in [0.1, 0.15) is 24.0 Å². The van der Waals surface area contributed by atoms with Crippen LogP contribution in [0, 0.1) is 0 Å². The van der Waals surface area contributed by atoms with Gasteiger partial charge in [-0.3, -0.25) is 0 Å². The van der Waals surface area contributed by atoms with Gasteiger partial charge in [0, 0.05) is 22.6 Å². The molecule has 3 nitrogen and oxygen atoms in total. The van der Waals surface area contributed by atoms with Gasteiger partial charge in [0.15, 0.2) is 0 Å². The van der Waals surface area contributed by atoms with Crippen molar-refractivity contribution in [1.82, 2.24) is 5.32 Å². The van der Waals surface area contributed by atoms with E-state index in [1.54, 1.807) is 0 Å². The Morgan fingerprint density at radius 2 is 1.90 bits per heavy atom. The number of aliphatic hydroxyl groups is 1. The largest absolute Gasteiger partial charge is 0.457 e. The molecular weight excluding hydrogens is 330 g/mol. The molecule has 2 N–H and O–H groups in total. The highest BCUT2D eigenvalue weighted by molar-refractivity contribution is 9.10. The van der Waals surface area contributed by atoms with Crippen molar-refractivity contribution >= 4 is 15.9 Å². The van der Waals surface area contributed by atoms with E-state index in [4.69, 9.17) is 9.84 Å². The van der Waals surface area contributed by atoms with Gasteiger partial charge in [-0.25, -0.2) is 0 Å². The van der Waals surface area contributed by atoms with E-state index in [9.17, 15) is 0 Å². The van der Waals surface area contributed by atoms with Gasteiger partial charge in [-0.2, -0.15) is 0 Å². The zero-order chi connectivity index (χ0) is 14.7. The van der Waals surface area contributed by atoms with E-state index in [2.05, 4.69) is 27.3 Å². The van der Waals surface area contributed by atoms with Crippen LogP contribution in [0.15, 0.2) is 46.9 Å². The first-order valence-electron chi connectivity index (χ1n) is 7.14. The highest BCUT2D eigenvalue weighted by Crippen LogP contribution is 2.29. The molecule has 1 aliphatic rings. The zero-order valence-corrected chi connectivity index (χ0v) is 13.3. The van der Waals surface area contributed by atoms with E-state index in [-0.39, 0.29) is 6.61 Å².